The number of fused-ring (bicyclic) bond motifs is 1. The first-order valence-electron chi connectivity index (χ1n) is 7.53. The van der Waals surface area contributed by atoms with E-state index in [1.807, 2.05) is 0 Å². The van der Waals surface area contributed by atoms with Crippen LogP contribution in [0.3, 0.4) is 0 Å². The highest BCUT2D eigenvalue weighted by molar-refractivity contribution is 5.82. The van der Waals surface area contributed by atoms with Gasteiger partial charge in [0.15, 0.2) is 0 Å². The molecule has 0 radical (unpaired) electrons. The van der Waals surface area contributed by atoms with Crippen LogP contribution in [0.25, 0.3) is 0 Å². The zero-order valence-corrected chi connectivity index (χ0v) is 12.3. The molecule has 0 aromatic rings. The lowest BCUT2D eigenvalue weighted by molar-refractivity contribution is -0.140. The largest absolute Gasteiger partial charge is 0.480 e. The molecule has 6 nitrogen and oxygen atoms in total. The lowest BCUT2D eigenvalue weighted by Gasteiger charge is -2.32. The fourth-order valence-electron chi connectivity index (χ4n) is 3.28. The van der Waals surface area contributed by atoms with Crippen LogP contribution in [-0.4, -0.2) is 53.2 Å². The van der Waals surface area contributed by atoms with Crippen molar-refractivity contribution in [1.29, 1.82) is 0 Å². The van der Waals surface area contributed by atoms with Crippen LogP contribution in [0.1, 0.15) is 39.5 Å². The minimum atomic E-state index is -0.985. The van der Waals surface area contributed by atoms with Gasteiger partial charge in [0.2, 0.25) is 0 Å². The maximum atomic E-state index is 12.0. The molecule has 2 fully saturated rings. The summed E-state index contributed by atoms with van der Waals surface area (Å²) in [7, 11) is 0. The van der Waals surface area contributed by atoms with Crippen LogP contribution in [-0.2, 0) is 4.79 Å². The van der Waals surface area contributed by atoms with Gasteiger partial charge in [0.1, 0.15) is 6.04 Å². The SMILES string of the molecule is CC(C)C(NC(=O)NC1CCN2CCCCC12)C(=O)O. The topological polar surface area (TPSA) is 81.7 Å². The van der Waals surface area contributed by atoms with Crippen molar-refractivity contribution in [3.63, 3.8) is 0 Å². The molecule has 6 heteroatoms. The van der Waals surface area contributed by atoms with Gasteiger partial charge in [-0.3, -0.25) is 4.90 Å². The molecule has 0 aromatic heterocycles. The summed E-state index contributed by atoms with van der Waals surface area (Å²) in [4.78, 5) is 25.5. The van der Waals surface area contributed by atoms with E-state index >= 15 is 0 Å². The van der Waals surface area contributed by atoms with Crippen LogP contribution in [0.2, 0.25) is 0 Å². The molecular formula is C14H25N3O3. The van der Waals surface area contributed by atoms with Crippen molar-refractivity contribution in [3.05, 3.63) is 0 Å². The first kappa shape index (κ1) is 15.1. The molecule has 2 aliphatic heterocycles. The number of hydrogen-bond acceptors (Lipinski definition) is 3. The minimum absolute atomic E-state index is 0.131. The summed E-state index contributed by atoms with van der Waals surface area (Å²) in [6, 6.07) is -0.615. The summed E-state index contributed by atoms with van der Waals surface area (Å²) in [5, 5.41) is 14.6. The molecule has 3 unspecified atom stereocenters. The molecule has 2 heterocycles. The molecule has 114 valence electrons. The van der Waals surface area contributed by atoms with Crippen molar-refractivity contribution in [1.82, 2.24) is 15.5 Å². The summed E-state index contributed by atoms with van der Waals surface area (Å²) >= 11 is 0. The zero-order valence-electron chi connectivity index (χ0n) is 12.3. The summed E-state index contributed by atoms with van der Waals surface area (Å²) in [6.45, 7) is 5.73. The fraction of sp³-hybridized carbons (Fsp3) is 0.857. The fourth-order valence-corrected chi connectivity index (χ4v) is 3.28. The molecule has 0 aliphatic carbocycles. The van der Waals surface area contributed by atoms with Crippen LogP contribution in [0.4, 0.5) is 4.79 Å². The van der Waals surface area contributed by atoms with Crippen LogP contribution >= 0.6 is 0 Å². The van der Waals surface area contributed by atoms with Crippen molar-refractivity contribution in [2.24, 2.45) is 5.92 Å². The summed E-state index contributed by atoms with van der Waals surface area (Å²) in [6.07, 6.45) is 4.53. The highest BCUT2D eigenvalue weighted by atomic mass is 16.4. The Morgan fingerprint density at radius 1 is 1.20 bits per heavy atom. The Morgan fingerprint density at radius 3 is 2.60 bits per heavy atom. The van der Waals surface area contributed by atoms with E-state index in [4.69, 9.17) is 5.11 Å². The van der Waals surface area contributed by atoms with Gasteiger partial charge < -0.3 is 15.7 Å². The van der Waals surface area contributed by atoms with Gasteiger partial charge in [-0.2, -0.15) is 0 Å². The molecular weight excluding hydrogens is 258 g/mol. The van der Waals surface area contributed by atoms with E-state index < -0.39 is 12.0 Å². The lowest BCUT2D eigenvalue weighted by atomic mass is 9.99. The third kappa shape index (κ3) is 3.42. The maximum absolute atomic E-state index is 12.0. The van der Waals surface area contributed by atoms with Crippen LogP contribution < -0.4 is 10.6 Å². The quantitative estimate of drug-likeness (QED) is 0.719. The number of nitrogens with one attached hydrogen (secondary N) is 2. The number of hydrogen-bond donors (Lipinski definition) is 3. The Morgan fingerprint density at radius 2 is 1.95 bits per heavy atom. The average Bonchev–Trinajstić information content (AvgIpc) is 2.79. The van der Waals surface area contributed by atoms with E-state index in [0.717, 1.165) is 25.9 Å². The first-order chi connectivity index (χ1) is 9.49. The minimum Gasteiger partial charge on any atom is -0.480 e. The number of amides is 2. The molecule has 2 amide bonds. The number of urea groups is 1. The van der Waals surface area contributed by atoms with Gasteiger partial charge in [-0.05, 0) is 31.7 Å². The third-order valence-electron chi connectivity index (χ3n) is 4.39. The van der Waals surface area contributed by atoms with Crippen LogP contribution in [0.5, 0.6) is 0 Å². The number of aliphatic carboxylic acids is 1. The van der Waals surface area contributed by atoms with Gasteiger partial charge >= 0.3 is 12.0 Å². The number of rotatable bonds is 4. The van der Waals surface area contributed by atoms with Crippen molar-refractivity contribution in [2.45, 2.75) is 57.7 Å². The zero-order chi connectivity index (χ0) is 14.7. The Labute approximate surface area is 119 Å². The van der Waals surface area contributed by atoms with E-state index in [-0.39, 0.29) is 18.0 Å². The van der Waals surface area contributed by atoms with Crippen molar-refractivity contribution < 1.29 is 14.7 Å². The van der Waals surface area contributed by atoms with Gasteiger partial charge in [-0.15, -0.1) is 0 Å². The number of carboxylic acid groups (broad SMARTS) is 1. The number of carbonyl (C=O) groups is 2. The summed E-state index contributed by atoms with van der Waals surface area (Å²) in [5.74, 6) is -1.12. The Kier molecular flexibility index (Phi) is 4.86. The second kappa shape index (κ2) is 6.43. The van der Waals surface area contributed by atoms with E-state index in [1.54, 1.807) is 13.8 Å². The van der Waals surface area contributed by atoms with Gasteiger partial charge in [-0.25, -0.2) is 9.59 Å². The van der Waals surface area contributed by atoms with Gasteiger partial charge in [0.25, 0.3) is 0 Å². The van der Waals surface area contributed by atoms with Crippen molar-refractivity contribution in [3.8, 4) is 0 Å². The van der Waals surface area contributed by atoms with Gasteiger partial charge in [-0.1, -0.05) is 20.3 Å². The monoisotopic (exact) mass is 283 g/mol. The number of piperidine rings is 1. The molecule has 3 N–H and O–H groups in total. The summed E-state index contributed by atoms with van der Waals surface area (Å²) in [5.41, 5.74) is 0. The molecule has 0 saturated carbocycles. The molecule has 0 bridgehead atoms. The van der Waals surface area contributed by atoms with E-state index in [0.29, 0.717) is 6.04 Å². The predicted molar refractivity (Wildman–Crippen MR) is 75.5 cm³/mol. The van der Waals surface area contributed by atoms with Crippen molar-refractivity contribution in [2.75, 3.05) is 13.1 Å². The van der Waals surface area contributed by atoms with E-state index in [1.165, 1.54) is 12.8 Å². The molecule has 3 atom stereocenters. The summed E-state index contributed by atoms with van der Waals surface area (Å²) < 4.78 is 0. The third-order valence-corrected chi connectivity index (χ3v) is 4.39. The normalized spacial score (nSPS) is 27.9. The predicted octanol–water partition coefficient (Wildman–Crippen LogP) is 1.02. The average molecular weight is 283 g/mol. The number of carboxylic acids is 1. The molecule has 2 aliphatic rings. The number of carbonyl (C=O) groups excluding carboxylic acids is 1. The maximum Gasteiger partial charge on any atom is 0.326 e. The Bertz CT molecular complexity index is 373. The van der Waals surface area contributed by atoms with Gasteiger partial charge in [0.05, 0.1) is 0 Å². The Hall–Kier alpha value is -1.30. The molecule has 0 aromatic carbocycles. The molecule has 2 rings (SSSR count). The lowest BCUT2D eigenvalue weighted by Crippen LogP contribution is -2.54. The van der Waals surface area contributed by atoms with Gasteiger partial charge in [0, 0.05) is 18.6 Å². The highest BCUT2D eigenvalue weighted by Crippen LogP contribution is 2.27. The van der Waals surface area contributed by atoms with E-state index in [9.17, 15) is 9.59 Å². The van der Waals surface area contributed by atoms with Crippen LogP contribution in [0.15, 0.2) is 0 Å². The molecule has 20 heavy (non-hydrogen) atoms. The number of nitrogens with zero attached hydrogens (tertiary/aromatic N) is 1. The smallest absolute Gasteiger partial charge is 0.326 e. The first-order valence-corrected chi connectivity index (χ1v) is 7.53. The second-order valence-corrected chi connectivity index (χ2v) is 6.17. The van der Waals surface area contributed by atoms with Crippen LogP contribution in [0, 0.1) is 5.92 Å². The van der Waals surface area contributed by atoms with E-state index in [2.05, 4.69) is 15.5 Å². The Balaban J connectivity index is 1.86. The van der Waals surface area contributed by atoms with Crippen molar-refractivity contribution >= 4 is 12.0 Å². The highest BCUT2D eigenvalue weighted by Gasteiger charge is 2.36. The molecule has 0 spiro atoms. The molecule has 2 saturated heterocycles. The second-order valence-electron chi connectivity index (χ2n) is 6.17. The standard InChI is InChI=1S/C14H25N3O3/c1-9(2)12(13(18)19)16-14(20)15-10-6-8-17-7-4-3-5-11(10)17/h9-12H,3-8H2,1-2H3,(H,18,19)(H2,15,16,20).